The summed E-state index contributed by atoms with van der Waals surface area (Å²) in [7, 11) is 0. The first-order valence-corrected chi connectivity index (χ1v) is 6.76. The molecule has 0 aliphatic rings. The molecule has 0 aliphatic heterocycles. The van der Waals surface area contributed by atoms with Gasteiger partial charge in [-0.3, -0.25) is 4.79 Å². The van der Waals surface area contributed by atoms with Crippen molar-refractivity contribution in [2.75, 3.05) is 17.2 Å². The van der Waals surface area contributed by atoms with Crippen LogP contribution in [0.25, 0.3) is 0 Å². The number of rotatable bonds is 4. The Morgan fingerprint density at radius 1 is 1.11 bits per heavy atom. The van der Waals surface area contributed by atoms with Gasteiger partial charge in [-0.1, -0.05) is 12.1 Å². The molecule has 0 heterocycles. The summed E-state index contributed by atoms with van der Waals surface area (Å²) >= 11 is 2.18. The zero-order valence-electron chi connectivity index (χ0n) is 9.99. The third-order valence-corrected chi connectivity index (χ3v) is 3.06. The Bertz CT molecular complexity index is 589. The van der Waals surface area contributed by atoms with E-state index in [1.54, 1.807) is 12.1 Å². The van der Waals surface area contributed by atoms with E-state index in [1.807, 2.05) is 24.3 Å². The van der Waals surface area contributed by atoms with Gasteiger partial charge in [-0.2, -0.15) is 0 Å². The lowest BCUT2D eigenvalue weighted by Crippen LogP contribution is -2.21. The molecule has 2 aromatic carbocycles. The van der Waals surface area contributed by atoms with E-state index in [9.17, 15) is 9.18 Å². The Kier molecular flexibility index (Phi) is 4.73. The third kappa shape index (κ3) is 4.51. The van der Waals surface area contributed by atoms with Gasteiger partial charge >= 0.3 is 0 Å². The quantitative estimate of drug-likeness (QED) is 0.810. The molecule has 19 heavy (non-hydrogen) atoms. The standard InChI is InChI=1S/C14H12FIN2O/c15-10-3-1-5-12(7-10)17-9-14(19)18-13-6-2-4-11(16)8-13/h1-8,17H,9H2,(H,18,19). The molecule has 0 radical (unpaired) electrons. The first-order valence-electron chi connectivity index (χ1n) is 5.68. The van der Waals surface area contributed by atoms with E-state index in [-0.39, 0.29) is 18.3 Å². The molecule has 3 nitrogen and oxygen atoms in total. The maximum Gasteiger partial charge on any atom is 0.243 e. The number of hydrogen-bond donors (Lipinski definition) is 2. The van der Waals surface area contributed by atoms with Crippen LogP contribution in [0.3, 0.4) is 0 Å². The largest absolute Gasteiger partial charge is 0.376 e. The van der Waals surface area contributed by atoms with E-state index in [2.05, 4.69) is 33.2 Å². The van der Waals surface area contributed by atoms with E-state index in [4.69, 9.17) is 0 Å². The molecule has 0 spiro atoms. The van der Waals surface area contributed by atoms with Crippen molar-refractivity contribution in [1.82, 2.24) is 0 Å². The van der Waals surface area contributed by atoms with E-state index in [0.29, 0.717) is 5.69 Å². The number of benzene rings is 2. The molecule has 0 saturated heterocycles. The van der Waals surface area contributed by atoms with E-state index >= 15 is 0 Å². The van der Waals surface area contributed by atoms with Crippen LogP contribution >= 0.6 is 22.6 Å². The van der Waals surface area contributed by atoms with Crippen LogP contribution in [0.1, 0.15) is 0 Å². The van der Waals surface area contributed by atoms with Crippen LogP contribution in [-0.2, 0) is 4.79 Å². The monoisotopic (exact) mass is 370 g/mol. The van der Waals surface area contributed by atoms with Gasteiger partial charge in [0.15, 0.2) is 0 Å². The lowest BCUT2D eigenvalue weighted by atomic mass is 10.3. The second-order valence-electron chi connectivity index (χ2n) is 3.92. The van der Waals surface area contributed by atoms with Gasteiger partial charge in [0.1, 0.15) is 5.82 Å². The van der Waals surface area contributed by atoms with Gasteiger partial charge in [0.2, 0.25) is 5.91 Å². The topological polar surface area (TPSA) is 41.1 Å². The van der Waals surface area contributed by atoms with Gasteiger partial charge < -0.3 is 10.6 Å². The summed E-state index contributed by atoms with van der Waals surface area (Å²) < 4.78 is 14.0. The fourth-order valence-electron chi connectivity index (χ4n) is 1.55. The highest BCUT2D eigenvalue weighted by Crippen LogP contribution is 2.12. The highest BCUT2D eigenvalue weighted by Gasteiger charge is 2.03. The van der Waals surface area contributed by atoms with Crippen LogP contribution in [0.2, 0.25) is 0 Å². The van der Waals surface area contributed by atoms with Crippen molar-refractivity contribution in [2.24, 2.45) is 0 Å². The lowest BCUT2D eigenvalue weighted by molar-refractivity contribution is -0.114. The average molecular weight is 370 g/mol. The Hall–Kier alpha value is -1.63. The minimum atomic E-state index is -0.331. The van der Waals surface area contributed by atoms with Crippen molar-refractivity contribution >= 4 is 39.9 Å². The normalized spacial score (nSPS) is 10.0. The molecule has 0 atom stereocenters. The van der Waals surface area contributed by atoms with Crippen molar-refractivity contribution in [2.45, 2.75) is 0 Å². The number of amides is 1. The summed E-state index contributed by atoms with van der Waals surface area (Å²) in [5.74, 6) is -0.505. The number of carbonyl (C=O) groups is 1. The van der Waals surface area contributed by atoms with E-state index in [0.717, 1.165) is 9.26 Å². The molecule has 0 unspecified atom stereocenters. The van der Waals surface area contributed by atoms with Crippen molar-refractivity contribution in [3.05, 3.63) is 57.9 Å². The minimum absolute atomic E-state index is 0.0922. The number of nitrogens with one attached hydrogen (secondary N) is 2. The fourth-order valence-corrected chi connectivity index (χ4v) is 2.10. The Labute approximate surface area is 124 Å². The second kappa shape index (κ2) is 6.51. The van der Waals surface area contributed by atoms with Gasteiger partial charge in [0.25, 0.3) is 0 Å². The van der Waals surface area contributed by atoms with Gasteiger partial charge in [-0.05, 0) is 59.0 Å². The summed E-state index contributed by atoms with van der Waals surface area (Å²) in [5.41, 5.74) is 1.33. The van der Waals surface area contributed by atoms with Gasteiger partial charge in [0.05, 0.1) is 6.54 Å². The smallest absolute Gasteiger partial charge is 0.243 e. The van der Waals surface area contributed by atoms with Crippen molar-refractivity contribution < 1.29 is 9.18 Å². The molecule has 0 saturated carbocycles. The molecular formula is C14H12FIN2O. The summed E-state index contributed by atoms with van der Waals surface area (Å²) in [6.45, 7) is 0.0922. The van der Waals surface area contributed by atoms with Gasteiger partial charge in [0, 0.05) is 14.9 Å². The third-order valence-electron chi connectivity index (χ3n) is 2.39. The SMILES string of the molecule is O=C(CNc1cccc(F)c1)Nc1cccc(I)c1. The maximum atomic E-state index is 12.9. The first-order chi connectivity index (χ1) is 9.13. The fraction of sp³-hybridized carbons (Fsp3) is 0.0714. The molecule has 0 aromatic heterocycles. The molecule has 0 fully saturated rings. The van der Waals surface area contributed by atoms with Crippen LogP contribution in [0.4, 0.5) is 15.8 Å². The van der Waals surface area contributed by atoms with Gasteiger partial charge in [-0.25, -0.2) is 4.39 Å². The number of halogens is 2. The molecule has 2 N–H and O–H groups in total. The molecule has 1 amide bonds. The Balaban J connectivity index is 1.88. The predicted molar refractivity (Wildman–Crippen MR) is 82.7 cm³/mol. The van der Waals surface area contributed by atoms with Crippen molar-refractivity contribution in [1.29, 1.82) is 0 Å². The zero-order valence-corrected chi connectivity index (χ0v) is 12.1. The second-order valence-corrected chi connectivity index (χ2v) is 5.17. The van der Waals surface area contributed by atoms with Crippen LogP contribution in [0.15, 0.2) is 48.5 Å². The molecule has 2 aromatic rings. The molecule has 5 heteroatoms. The highest BCUT2D eigenvalue weighted by atomic mass is 127. The Morgan fingerprint density at radius 2 is 1.84 bits per heavy atom. The molecule has 98 valence electrons. The lowest BCUT2D eigenvalue weighted by Gasteiger charge is -2.08. The summed E-state index contributed by atoms with van der Waals surface area (Å²) in [4.78, 5) is 11.7. The molecule has 0 bridgehead atoms. The maximum absolute atomic E-state index is 12.9. The Morgan fingerprint density at radius 3 is 2.58 bits per heavy atom. The van der Waals surface area contributed by atoms with E-state index in [1.165, 1.54) is 12.1 Å². The van der Waals surface area contributed by atoms with Crippen LogP contribution < -0.4 is 10.6 Å². The van der Waals surface area contributed by atoms with Crippen LogP contribution in [-0.4, -0.2) is 12.5 Å². The summed E-state index contributed by atoms with van der Waals surface area (Å²) in [6, 6.07) is 13.5. The average Bonchev–Trinajstić information content (AvgIpc) is 2.36. The number of anilines is 2. The minimum Gasteiger partial charge on any atom is -0.376 e. The summed E-state index contributed by atoms with van der Waals surface area (Å²) in [6.07, 6.45) is 0. The summed E-state index contributed by atoms with van der Waals surface area (Å²) in [5, 5.41) is 5.63. The van der Waals surface area contributed by atoms with Crippen molar-refractivity contribution in [3.63, 3.8) is 0 Å². The predicted octanol–water partition coefficient (Wildman–Crippen LogP) is 3.48. The molecule has 0 aliphatic carbocycles. The van der Waals surface area contributed by atoms with Crippen molar-refractivity contribution in [3.8, 4) is 0 Å². The zero-order chi connectivity index (χ0) is 13.7. The first kappa shape index (κ1) is 13.8. The van der Waals surface area contributed by atoms with E-state index < -0.39 is 0 Å². The highest BCUT2D eigenvalue weighted by molar-refractivity contribution is 14.1. The number of hydrogen-bond acceptors (Lipinski definition) is 2. The van der Waals surface area contributed by atoms with Crippen LogP contribution in [0.5, 0.6) is 0 Å². The van der Waals surface area contributed by atoms with Gasteiger partial charge in [-0.15, -0.1) is 0 Å². The number of carbonyl (C=O) groups excluding carboxylic acids is 1. The van der Waals surface area contributed by atoms with Crippen LogP contribution in [0, 0.1) is 9.39 Å². The molecule has 2 rings (SSSR count). The molecular weight excluding hydrogens is 358 g/mol.